The summed E-state index contributed by atoms with van der Waals surface area (Å²) in [6, 6.07) is 7.56. The number of hydrogen-bond acceptors (Lipinski definition) is 5. The summed E-state index contributed by atoms with van der Waals surface area (Å²) in [5.74, 6) is -0.0629. The zero-order valence-electron chi connectivity index (χ0n) is 13.5. The van der Waals surface area contributed by atoms with Gasteiger partial charge in [-0.3, -0.25) is 9.69 Å². The van der Waals surface area contributed by atoms with Crippen molar-refractivity contribution in [2.75, 3.05) is 31.1 Å². The van der Waals surface area contributed by atoms with Crippen LogP contribution in [0.15, 0.2) is 40.8 Å². The Hall–Kier alpha value is -1.48. The Bertz CT molecular complexity index is 920. The third-order valence-corrected chi connectivity index (χ3v) is 6.75. The number of carbonyl (C=O) groups excluding carboxylic acids is 1. The van der Waals surface area contributed by atoms with Crippen molar-refractivity contribution in [2.24, 2.45) is 4.99 Å². The van der Waals surface area contributed by atoms with E-state index in [9.17, 15) is 13.2 Å². The van der Waals surface area contributed by atoms with Crippen LogP contribution < -0.4 is 4.80 Å². The molecule has 3 rings (SSSR count). The van der Waals surface area contributed by atoms with Gasteiger partial charge in [-0.2, -0.15) is 4.99 Å². The first-order chi connectivity index (χ1) is 11.9. The molecule has 1 aromatic heterocycles. The van der Waals surface area contributed by atoms with E-state index in [1.165, 1.54) is 11.3 Å². The highest BCUT2D eigenvalue weighted by Crippen LogP contribution is 2.15. The molecule has 1 saturated heterocycles. The standard InChI is InChI=1S/C16H18ClN3O3S2/c17-14-4-2-1-3-13(14)11-20-5-8-24-16(20)18-15(21)12-19-6-9-25(22,23)10-7-19/h1-5,8H,6-7,9-12H2. The largest absolute Gasteiger partial charge is 0.319 e. The first kappa shape index (κ1) is 18.3. The second-order valence-electron chi connectivity index (χ2n) is 5.84. The van der Waals surface area contributed by atoms with Crippen LogP contribution in [0.4, 0.5) is 0 Å². The quantitative estimate of drug-likeness (QED) is 0.779. The molecule has 1 amide bonds. The summed E-state index contributed by atoms with van der Waals surface area (Å²) < 4.78 is 24.8. The highest BCUT2D eigenvalue weighted by Gasteiger charge is 2.22. The molecule has 0 atom stereocenters. The van der Waals surface area contributed by atoms with Crippen molar-refractivity contribution >= 4 is 38.7 Å². The maximum atomic E-state index is 12.2. The summed E-state index contributed by atoms with van der Waals surface area (Å²) in [6.07, 6.45) is 1.87. The molecule has 6 nitrogen and oxygen atoms in total. The Morgan fingerprint density at radius 2 is 1.96 bits per heavy atom. The summed E-state index contributed by atoms with van der Waals surface area (Å²) in [5.41, 5.74) is 0.956. The van der Waals surface area contributed by atoms with Gasteiger partial charge in [0.2, 0.25) is 0 Å². The fraction of sp³-hybridized carbons (Fsp3) is 0.375. The van der Waals surface area contributed by atoms with Crippen LogP contribution in [0.2, 0.25) is 5.02 Å². The van der Waals surface area contributed by atoms with E-state index in [1.807, 2.05) is 45.3 Å². The van der Waals surface area contributed by atoms with E-state index in [4.69, 9.17) is 11.6 Å². The van der Waals surface area contributed by atoms with Crippen LogP contribution in [0.1, 0.15) is 5.56 Å². The molecule has 0 radical (unpaired) electrons. The maximum Gasteiger partial charge on any atom is 0.262 e. The second kappa shape index (κ2) is 7.82. The number of benzene rings is 1. The molecule has 1 aliphatic rings. The summed E-state index contributed by atoms with van der Waals surface area (Å²) >= 11 is 7.57. The van der Waals surface area contributed by atoms with Crippen molar-refractivity contribution in [3.05, 3.63) is 51.2 Å². The molecule has 9 heteroatoms. The van der Waals surface area contributed by atoms with E-state index < -0.39 is 9.84 Å². The minimum absolute atomic E-state index is 0.103. The van der Waals surface area contributed by atoms with Gasteiger partial charge >= 0.3 is 0 Å². The van der Waals surface area contributed by atoms with Crippen molar-refractivity contribution in [3.8, 4) is 0 Å². The van der Waals surface area contributed by atoms with E-state index in [2.05, 4.69) is 4.99 Å². The maximum absolute atomic E-state index is 12.2. The number of rotatable bonds is 4. The van der Waals surface area contributed by atoms with E-state index in [-0.39, 0.29) is 24.0 Å². The number of carbonyl (C=O) groups is 1. The third kappa shape index (κ3) is 5.01. The van der Waals surface area contributed by atoms with Crippen LogP contribution in [0.5, 0.6) is 0 Å². The highest BCUT2D eigenvalue weighted by atomic mass is 35.5. The average molecular weight is 400 g/mol. The molecular formula is C16H18ClN3O3S2. The van der Waals surface area contributed by atoms with Crippen molar-refractivity contribution in [1.82, 2.24) is 9.47 Å². The summed E-state index contributed by atoms with van der Waals surface area (Å²) in [6.45, 7) is 1.44. The molecule has 0 N–H and O–H groups in total. The summed E-state index contributed by atoms with van der Waals surface area (Å²) in [5, 5.41) is 2.55. The van der Waals surface area contributed by atoms with E-state index in [1.54, 1.807) is 0 Å². The molecule has 1 aromatic carbocycles. The number of aromatic nitrogens is 1. The zero-order valence-corrected chi connectivity index (χ0v) is 15.9. The van der Waals surface area contributed by atoms with Gasteiger partial charge in [-0.05, 0) is 11.6 Å². The molecule has 2 aromatic rings. The van der Waals surface area contributed by atoms with Crippen LogP contribution in [-0.2, 0) is 21.2 Å². The van der Waals surface area contributed by atoms with E-state index >= 15 is 0 Å². The number of amides is 1. The van der Waals surface area contributed by atoms with E-state index in [0.717, 1.165) is 5.56 Å². The average Bonchev–Trinajstić information content (AvgIpc) is 2.98. The van der Waals surface area contributed by atoms with Crippen LogP contribution in [0, 0.1) is 0 Å². The number of halogens is 1. The van der Waals surface area contributed by atoms with Gasteiger partial charge in [-0.1, -0.05) is 29.8 Å². The molecule has 134 valence electrons. The van der Waals surface area contributed by atoms with Crippen molar-refractivity contribution in [1.29, 1.82) is 0 Å². The monoisotopic (exact) mass is 399 g/mol. The molecular weight excluding hydrogens is 382 g/mol. The van der Waals surface area contributed by atoms with Crippen molar-refractivity contribution < 1.29 is 13.2 Å². The predicted octanol–water partition coefficient (Wildman–Crippen LogP) is 1.41. The molecule has 0 saturated carbocycles. The number of hydrogen-bond donors (Lipinski definition) is 0. The summed E-state index contributed by atoms with van der Waals surface area (Å²) in [7, 11) is -2.94. The van der Waals surface area contributed by atoms with E-state index in [0.29, 0.717) is 29.5 Å². The normalized spacial score (nSPS) is 18.4. The first-order valence-corrected chi connectivity index (χ1v) is 10.9. The molecule has 1 fully saturated rings. The molecule has 0 spiro atoms. The number of sulfone groups is 1. The molecule has 0 unspecified atom stereocenters. The van der Waals surface area contributed by atoms with Gasteiger partial charge in [-0.25, -0.2) is 8.42 Å². The van der Waals surface area contributed by atoms with Gasteiger partial charge in [-0.15, -0.1) is 11.3 Å². The van der Waals surface area contributed by atoms with Crippen LogP contribution in [0.25, 0.3) is 0 Å². The number of nitrogens with zero attached hydrogens (tertiary/aromatic N) is 3. The molecule has 1 aliphatic heterocycles. The van der Waals surface area contributed by atoms with Crippen molar-refractivity contribution in [3.63, 3.8) is 0 Å². The lowest BCUT2D eigenvalue weighted by molar-refractivity contribution is -0.119. The minimum Gasteiger partial charge on any atom is -0.319 e. The lowest BCUT2D eigenvalue weighted by Crippen LogP contribution is -2.42. The predicted molar refractivity (Wildman–Crippen MR) is 98.5 cm³/mol. The highest BCUT2D eigenvalue weighted by molar-refractivity contribution is 7.91. The fourth-order valence-corrected chi connectivity index (χ4v) is 4.78. The topological polar surface area (TPSA) is 71.7 Å². The lowest BCUT2D eigenvalue weighted by atomic mass is 10.2. The van der Waals surface area contributed by atoms with Crippen molar-refractivity contribution in [2.45, 2.75) is 6.54 Å². The minimum atomic E-state index is -2.94. The zero-order chi connectivity index (χ0) is 17.9. The fourth-order valence-electron chi connectivity index (χ4n) is 2.56. The Morgan fingerprint density at radius 3 is 2.68 bits per heavy atom. The van der Waals surface area contributed by atoms with Crippen LogP contribution in [0.3, 0.4) is 0 Å². The van der Waals surface area contributed by atoms with Crippen LogP contribution in [-0.4, -0.2) is 54.9 Å². The Balaban J connectivity index is 1.69. The van der Waals surface area contributed by atoms with Gasteiger partial charge in [0, 0.05) is 29.7 Å². The Kier molecular flexibility index (Phi) is 5.73. The van der Waals surface area contributed by atoms with Gasteiger partial charge < -0.3 is 4.57 Å². The second-order valence-corrected chi connectivity index (χ2v) is 9.42. The Labute approximate surface area is 155 Å². The van der Waals surface area contributed by atoms with Gasteiger partial charge in [0.05, 0.1) is 24.6 Å². The molecule has 0 aliphatic carbocycles. The first-order valence-electron chi connectivity index (χ1n) is 7.81. The molecule has 0 bridgehead atoms. The van der Waals surface area contributed by atoms with Crippen LogP contribution >= 0.6 is 22.9 Å². The molecule has 2 heterocycles. The van der Waals surface area contributed by atoms with Gasteiger partial charge in [0.1, 0.15) is 0 Å². The van der Waals surface area contributed by atoms with Gasteiger partial charge in [0.15, 0.2) is 14.6 Å². The lowest BCUT2D eigenvalue weighted by Gasteiger charge is -2.24. The Morgan fingerprint density at radius 1 is 1.24 bits per heavy atom. The summed E-state index contributed by atoms with van der Waals surface area (Å²) in [4.78, 5) is 18.8. The smallest absolute Gasteiger partial charge is 0.262 e. The molecule has 25 heavy (non-hydrogen) atoms. The SMILES string of the molecule is O=C(CN1CCS(=O)(=O)CC1)N=c1sccn1Cc1ccccc1Cl. The number of thiazole rings is 1. The van der Waals surface area contributed by atoms with Gasteiger partial charge in [0.25, 0.3) is 5.91 Å². The third-order valence-electron chi connectivity index (χ3n) is 3.97.